The molecule has 18 heavy (non-hydrogen) atoms. The highest BCUT2D eigenvalue weighted by Crippen LogP contribution is 2.27. The van der Waals surface area contributed by atoms with Crippen LogP contribution in [-0.4, -0.2) is 17.3 Å². The van der Waals surface area contributed by atoms with Crippen molar-refractivity contribution in [3.8, 4) is 6.07 Å². The minimum atomic E-state index is -0.542. The second kappa shape index (κ2) is 5.99. The van der Waals surface area contributed by atoms with Crippen LogP contribution in [0.3, 0.4) is 0 Å². The molecule has 1 aromatic carbocycles. The smallest absolute Gasteiger partial charge is 0.0995 e. The molecule has 3 heteroatoms. The van der Waals surface area contributed by atoms with Crippen molar-refractivity contribution < 1.29 is 5.11 Å². The van der Waals surface area contributed by atoms with Crippen molar-refractivity contribution in [2.24, 2.45) is 0 Å². The predicted molar refractivity (Wildman–Crippen MR) is 70.9 cm³/mol. The first-order valence-corrected chi connectivity index (χ1v) is 6.65. The zero-order valence-electron chi connectivity index (χ0n) is 10.7. The number of benzene rings is 1. The van der Waals surface area contributed by atoms with Crippen LogP contribution in [0.15, 0.2) is 24.3 Å². The van der Waals surface area contributed by atoms with Gasteiger partial charge in [-0.25, -0.2) is 0 Å². The van der Waals surface area contributed by atoms with Crippen LogP contribution < -0.4 is 5.32 Å². The third-order valence-corrected chi connectivity index (χ3v) is 3.69. The molecular weight excluding hydrogens is 224 g/mol. The summed E-state index contributed by atoms with van der Waals surface area (Å²) in [5.41, 5.74) is 1.17. The molecule has 1 aromatic rings. The van der Waals surface area contributed by atoms with Gasteiger partial charge in [0.05, 0.1) is 17.2 Å². The summed E-state index contributed by atoms with van der Waals surface area (Å²) < 4.78 is 0. The van der Waals surface area contributed by atoms with Crippen LogP contribution in [0.1, 0.15) is 43.2 Å². The molecule has 2 rings (SSSR count). The average molecular weight is 244 g/mol. The zero-order chi connectivity index (χ0) is 12.8. The lowest BCUT2D eigenvalue weighted by Gasteiger charge is -2.32. The van der Waals surface area contributed by atoms with E-state index < -0.39 is 5.60 Å². The lowest BCUT2D eigenvalue weighted by molar-refractivity contribution is 0.00467. The molecule has 0 aliphatic heterocycles. The minimum Gasteiger partial charge on any atom is -0.389 e. The number of rotatable bonds is 4. The van der Waals surface area contributed by atoms with Crippen LogP contribution in [0.25, 0.3) is 0 Å². The molecule has 3 nitrogen and oxygen atoms in total. The maximum atomic E-state index is 10.3. The van der Waals surface area contributed by atoms with E-state index in [1.54, 1.807) is 0 Å². The summed E-state index contributed by atoms with van der Waals surface area (Å²) in [5, 5.41) is 22.6. The highest BCUT2D eigenvalue weighted by molar-refractivity contribution is 5.37. The van der Waals surface area contributed by atoms with Crippen molar-refractivity contribution in [2.75, 3.05) is 6.54 Å². The molecule has 0 unspecified atom stereocenters. The van der Waals surface area contributed by atoms with Gasteiger partial charge in [-0.1, -0.05) is 37.5 Å². The standard InChI is InChI=1S/C15H20N2O/c16-10-13-6-2-3-7-14(13)11-17-12-15(18)8-4-1-5-9-15/h2-3,6-7,17-18H,1,4-5,8-9,11-12H2. The zero-order valence-corrected chi connectivity index (χ0v) is 10.7. The lowest BCUT2D eigenvalue weighted by atomic mass is 9.85. The summed E-state index contributed by atoms with van der Waals surface area (Å²) in [7, 11) is 0. The minimum absolute atomic E-state index is 0.542. The van der Waals surface area contributed by atoms with Crippen molar-refractivity contribution in [1.82, 2.24) is 5.32 Å². The third-order valence-electron chi connectivity index (χ3n) is 3.69. The molecule has 0 spiro atoms. The molecule has 1 fully saturated rings. The van der Waals surface area contributed by atoms with Crippen molar-refractivity contribution >= 4 is 0 Å². The van der Waals surface area contributed by atoms with Crippen LogP contribution >= 0.6 is 0 Å². The van der Waals surface area contributed by atoms with Gasteiger partial charge in [-0.05, 0) is 24.5 Å². The summed E-state index contributed by atoms with van der Waals surface area (Å²) in [4.78, 5) is 0. The number of nitrogens with one attached hydrogen (secondary N) is 1. The quantitative estimate of drug-likeness (QED) is 0.854. The average Bonchev–Trinajstić information content (AvgIpc) is 2.40. The van der Waals surface area contributed by atoms with Crippen LogP contribution in [0.4, 0.5) is 0 Å². The third kappa shape index (κ3) is 3.32. The molecule has 0 radical (unpaired) electrons. The van der Waals surface area contributed by atoms with E-state index >= 15 is 0 Å². The number of hydrogen-bond donors (Lipinski definition) is 2. The monoisotopic (exact) mass is 244 g/mol. The molecule has 0 atom stereocenters. The number of nitrogens with zero attached hydrogens (tertiary/aromatic N) is 1. The van der Waals surface area contributed by atoms with Crippen molar-refractivity contribution in [3.63, 3.8) is 0 Å². The molecule has 1 saturated carbocycles. The Balaban J connectivity index is 1.86. The fourth-order valence-corrected chi connectivity index (χ4v) is 2.60. The fraction of sp³-hybridized carbons (Fsp3) is 0.533. The van der Waals surface area contributed by atoms with Crippen LogP contribution in [0, 0.1) is 11.3 Å². The van der Waals surface area contributed by atoms with Crippen LogP contribution in [0.2, 0.25) is 0 Å². The van der Waals surface area contributed by atoms with E-state index in [1.165, 1.54) is 6.42 Å². The first-order chi connectivity index (χ1) is 8.73. The van der Waals surface area contributed by atoms with Gasteiger partial charge in [0.15, 0.2) is 0 Å². The van der Waals surface area contributed by atoms with Gasteiger partial charge in [0, 0.05) is 13.1 Å². The van der Waals surface area contributed by atoms with E-state index in [1.807, 2.05) is 24.3 Å². The van der Waals surface area contributed by atoms with Gasteiger partial charge in [0.25, 0.3) is 0 Å². The van der Waals surface area contributed by atoms with Gasteiger partial charge in [-0.3, -0.25) is 0 Å². The topological polar surface area (TPSA) is 56.0 Å². The molecule has 0 amide bonds. The Morgan fingerprint density at radius 3 is 2.67 bits per heavy atom. The normalized spacial score (nSPS) is 18.2. The molecule has 1 aliphatic carbocycles. The Morgan fingerprint density at radius 2 is 1.94 bits per heavy atom. The Bertz CT molecular complexity index is 430. The molecule has 0 heterocycles. The molecular formula is C15H20N2O. The van der Waals surface area contributed by atoms with Gasteiger partial charge >= 0.3 is 0 Å². The Kier molecular flexibility index (Phi) is 4.35. The van der Waals surface area contributed by atoms with Crippen LogP contribution in [0.5, 0.6) is 0 Å². The number of nitriles is 1. The van der Waals surface area contributed by atoms with Gasteiger partial charge in [0.1, 0.15) is 0 Å². The first kappa shape index (κ1) is 13.1. The molecule has 0 bridgehead atoms. The highest BCUT2D eigenvalue weighted by atomic mass is 16.3. The van der Waals surface area contributed by atoms with E-state index in [0.29, 0.717) is 18.7 Å². The molecule has 1 aliphatic rings. The largest absolute Gasteiger partial charge is 0.389 e. The van der Waals surface area contributed by atoms with E-state index in [9.17, 15) is 5.11 Å². The number of hydrogen-bond acceptors (Lipinski definition) is 3. The number of aliphatic hydroxyl groups is 1. The molecule has 0 saturated heterocycles. The second-order valence-electron chi connectivity index (χ2n) is 5.16. The van der Waals surface area contributed by atoms with Crippen molar-refractivity contribution in [2.45, 2.75) is 44.2 Å². The molecule has 2 N–H and O–H groups in total. The van der Waals surface area contributed by atoms with Gasteiger partial charge in [0.2, 0.25) is 0 Å². The van der Waals surface area contributed by atoms with Crippen molar-refractivity contribution in [3.05, 3.63) is 35.4 Å². The Hall–Kier alpha value is -1.37. The summed E-state index contributed by atoms with van der Waals surface area (Å²) in [6.07, 6.45) is 5.25. The van der Waals surface area contributed by atoms with Crippen LogP contribution in [-0.2, 0) is 6.54 Å². The van der Waals surface area contributed by atoms with Gasteiger partial charge in [-0.2, -0.15) is 5.26 Å². The van der Waals surface area contributed by atoms with E-state index in [0.717, 1.165) is 31.2 Å². The summed E-state index contributed by atoms with van der Waals surface area (Å²) in [6, 6.07) is 9.78. The van der Waals surface area contributed by atoms with Gasteiger partial charge in [-0.15, -0.1) is 0 Å². The lowest BCUT2D eigenvalue weighted by Crippen LogP contribution is -2.41. The maximum Gasteiger partial charge on any atom is 0.0995 e. The SMILES string of the molecule is N#Cc1ccccc1CNCC1(O)CCCCC1. The highest BCUT2D eigenvalue weighted by Gasteiger charge is 2.28. The first-order valence-electron chi connectivity index (χ1n) is 6.65. The Labute approximate surface area is 108 Å². The Morgan fingerprint density at radius 1 is 1.22 bits per heavy atom. The summed E-state index contributed by atoms with van der Waals surface area (Å²) in [5.74, 6) is 0. The predicted octanol–water partition coefficient (Wildman–Crippen LogP) is 2.34. The van der Waals surface area contributed by atoms with E-state index in [4.69, 9.17) is 5.26 Å². The maximum absolute atomic E-state index is 10.3. The molecule has 96 valence electrons. The van der Waals surface area contributed by atoms with E-state index in [-0.39, 0.29) is 0 Å². The molecule has 0 aromatic heterocycles. The second-order valence-corrected chi connectivity index (χ2v) is 5.16. The summed E-state index contributed by atoms with van der Waals surface area (Å²) >= 11 is 0. The van der Waals surface area contributed by atoms with Crippen molar-refractivity contribution in [1.29, 1.82) is 5.26 Å². The van der Waals surface area contributed by atoms with Gasteiger partial charge < -0.3 is 10.4 Å². The van der Waals surface area contributed by atoms with E-state index in [2.05, 4.69) is 11.4 Å². The summed E-state index contributed by atoms with van der Waals surface area (Å²) in [6.45, 7) is 1.26. The fourth-order valence-electron chi connectivity index (χ4n) is 2.60.